The second kappa shape index (κ2) is 8.78. The van der Waals surface area contributed by atoms with Gasteiger partial charge < -0.3 is 19.7 Å². The Morgan fingerprint density at radius 1 is 1.07 bits per heavy atom. The molecule has 1 saturated heterocycles. The summed E-state index contributed by atoms with van der Waals surface area (Å²) in [6.45, 7) is 3.20. The van der Waals surface area contributed by atoms with Gasteiger partial charge >= 0.3 is 0 Å². The highest BCUT2D eigenvalue weighted by atomic mass is 35.5. The lowest BCUT2D eigenvalue weighted by Crippen LogP contribution is -2.36. The van der Waals surface area contributed by atoms with Crippen LogP contribution < -0.4 is 15.0 Å². The van der Waals surface area contributed by atoms with E-state index in [4.69, 9.17) is 26.3 Å². The number of rotatable bonds is 5. The number of benzene rings is 2. The number of ether oxygens (including phenoxy) is 2. The number of anilines is 3. The Hall–Kier alpha value is -3.34. The first-order chi connectivity index (χ1) is 14.2. The number of morpholine rings is 1. The van der Waals surface area contributed by atoms with E-state index >= 15 is 0 Å². The summed E-state index contributed by atoms with van der Waals surface area (Å²) in [5, 5.41) is 12.5. The fourth-order valence-corrected chi connectivity index (χ4v) is 3.11. The number of nitrogens with one attached hydrogen (secondary N) is 1. The van der Waals surface area contributed by atoms with E-state index in [-0.39, 0.29) is 0 Å². The number of aromatic nitrogens is 2. The highest BCUT2D eigenvalue weighted by Crippen LogP contribution is 2.27. The van der Waals surface area contributed by atoms with Crippen molar-refractivity contribution in [2.24, 2.45) is 0 Å². The molecule has 1 aliphatic heterocycles. The van der Waals surface area contributed by atoms with Crippen molar-refractivity contribution >= 4 is 28.9 Å². The number of nitrogens with zero attached hydrogens (tertiary/aromatic N) is 4. The van der Waals surface area contributed by atoms with Crippen LogP contribution in [0.1, 0.15) is 5.56 Å². The summed E-state index contributed by atoms with van der Waals surface area (Å²) in [7, 11) is 0. The molecule has 7 nitrogen and oxygen atoms in total. The first kappa shape index (κ1) is 19.0. The standard InChI is InChI=1S/C21H18ClN5O2/c22-20-5-4-16(10-15(20)12-23)26-21-24-13-19(14-25-21)29-18-3-1-2-17(11-18)27-6-8-28-9-7-27/h1-5,10-11,13-14H,6-9H2,(H,24,25,26). The van der Waals surface area contributed by atoms with Gasteiger partial charge in [0.25, 0.3) is 0 Å². The molecule has 0 radical (unpaired) electrons. The van der Waals surface area contributed by atoms with Crippen LogP contribution in [0.15, 0.2) is 54.9 Å². The van der Waals surface area contributed by atoms with E-state index in [0.717, 1.165) is 37.7 Å². The maximum Gasteiger partial charge on any atom is 0.227 e. The summed E-state index contributed by atoms with van der Waals surface area (Å²) in [6, 6.07) is 15.0. The van der Waals surface area contributed by atoms with E-state index in [1.807, 2.05) is 24.3 Å². The third kappa shape index (κ3) is 4.74. The highest BCUT2D eigenvalue weighted by molar-refractivity contribution is 6.31. The summed E-state index contributed by atoms with van der Waals surface area (Å²) in [5.41, 5.74) is 2.16. The monoisotopic (exact) mass is 407 g/mol. The molecule has 0 saturated carbocycles. The van der Waals surface area contributed by atoms with E-state index in [1.54, 1.807) is 30.6 Å². The van der Waals surface area contributed by atoms with Crippen molar-refractivity contribution < 1.29 is 9.47 Å². The number of hydrogen-bond donors (Lipinski definition) is 1. The summed E-state index contributed by atoms with van der Waals surface area (Å²) in [5.74, 6) is 1.64. The van der Waals surface area contributed by atoms with Gasteiger partial charge in [-0.25, -0.2) is 9.97 Å². The Labute approximate surface area is 173 Å². The van der Waals surface area contributed by atoms with E-state index in [9.17, 15) is 0 Å². The molecule has 29 heavy (non-hydrogen) atoms. The van der Waals surface area contributed by atoms with Crippen LogP contribution in [0.25, 0.3) is 0 Å². The SMILES string of the molecule is N#Cc1cc(Nc2ncc(Oc3cccc(N4CCOCC4)c3)cn2)ccc1Cl. The average molecular weight is 408 g/mol. The predicted molar refractivity (Wildman–Crippen MR) is 111 cm³/mol. The Morgan fingerprint density at radius 2 is 1.86 bits per heavy atom. The van der Waals surface area contributed by atoms with Crippen molar-refractivity contribution in [1.82, 2.24) is 9.97 Å². The fourth-order valence-electron chi connectivity index (χ4n) is 2.95. The second-order valence-electron chi connectivity index (χ2n) is 6.37. The second-order valence-corrected chi connectivity index (χ2v) is 6.78. The van der Waals surface area contributed by atoms with Gasteiger partial charge in [0, 0.05) is 30.5 Å². The lowest BCUT2D eigenvalue weighted by Gasteiger charge is -2.29. The van der Waals surface area contributed by atoms with Crippen LogP contribution in [0.4, 0.5) is 17.3 Å². The van der Waals surface area contributed by atoms with Gasteiger partial charge in [0.1, 0.15) is 11.8 Å². The summed E-state index contributed by atoms with van der Waals surface area (Å²) >= 11 is 5.95. The normalized spacial score (nSPS) is 13.6. The average Bonchev–Trinajstić information content (AvgIpc) is 2.77. The molecule has 0 amide bonds. The van der Waals surface area contributed by atoms with Gasteiger partial charge in [-0.2, -0.15) is 5.26 Å². The Morgan fingerprint density at radius 3 is 2.62 bits per heavy atom. The van der Waals surface area contributed by atoms with Crippen molar-refractivity contribution in [1.29, 1.82) is 5.26 Å². The molecule has 8 heteroatoms. The first-order valence-electron chi connectivity index (χ1n) is 9.10. The molecule has 1 fully saturated rings. The van der Waals surface area contributed by atoms with Crippen LogP contribution in [0, 0.1) is 11.3 Å². The molecular weight excluding hydrogens is 390 g/mol. The van der Waals surface area contributed by atoms with Crippen LogP contribution in [-0.4, -0.2) is 36.3 Å². The van der Waals surface area contributed by atoms with Crippen molar-refractivity contribution in [3.8, 4) is 17.6 Å². The van der Waals surface area contributed by atoms with Gasteiger partial charge in [-0.1, -0.05) is 17.7 Å². The quantitative estimate of drug-likeness (QED) is 0.672. The molecule has 4 rings (SSSR count). The molecule has 0 spiro atoms. The Balaban J connectivity index is 1.43. The first-order valence-corrected chi connectivity index (χ1v) is 9.48. The molecule has 0 unspecified atom stereocenters. The maximum absolute atomic E-state index is 9.07. The van der Waals surface area contributed by atoms with E-state index in [1.165, 1.54) is 0 Å². The van der Waals surface area contributed by atoms with Crippen LogP contribution in [0.5, 0.6) is 11.5 Å². The Bertz CT molecular complexity index is 1030. The van der Waals surface area contributed by atoms with Crippen LogP contribution in [0.2, 0.25) is 5.02 Å². The van der Waals surface area contributed by atoms with Crippen LogP contribution >= 0.6 is 11.6 Å². The number of nitriles is 1. The van der Waals surface area contributed by atoms with Gasteiger partial charge in [-0.3, -0.25) is 0 Å². The molecule has 3 aromatic rings. The topological polar surface area (TPSA) is 83.3 Å². The minimum atomic E-state index is 0.386. The van der Waals surface area contributed by atoms with Gasteiger partial charge in [0.05, 0.1) is 36.2 Å². The summed E-state index contributed by atoms with van der Waals surface area (Å²) in [6.07, 6.45) is 3.19. The number of hydrogen-bond acceptors (Lipinski definition) is 7. The van der Waals surface area contributed by atoms with Crippen molar-refractivity contribution in [2.75, 3.05) is 36.5 Å². The predicted octanol–water partition coefficient (Wildman–Crippen LogP) is 4.37. The summed E-state index contributed by atoms with van der Waals surface area (Å²) in [4.78, 5) is 10.8. The molecule has 2 aromatic carbocycles. The van der Waals surface area contributed by atoms with Gasteiger partial charge in [0.2, 0.25) is 5.95 Å². The van der Waals surface area contributed by atoms with E-state index < -0.39 is 0 Å². The molecule has 1 aliphatic rings. The zero-order valence-electron chi connectivity index (χ0n) is 15.5. The highest BCUT2D eigenvalue weighted by Gasteiger charge is 2.12. The molecule has 146 valence electrons. The summed E-state index contributed by atoms with van der Waals surface area (Å²) < 4.78 is 11.3. The molecule has 1 aromatic heterocycles. The smallest absolute Gasteiger partial charge is 0.227 e. The fraction of sp³-hybridized carbons (Fsp3) is 0.190. The minimum absolute atomic E-state index is 0.386. The zero-order valence-corrected chi connectivity index (χ0v) is 16.3. The largest absolute Gasteiger partial charge is 0.454 e. The third-order valence-electron chi connectivity index (χ3n) is 4.40. The molecule has 0 aliphatic carbocycles. The van der Waals surface area contributed by atoms with Crippen LogP contribution in [0.3, 0.4) is 0 Å². The molecule has 0 atom stereocenters. The van der Waals surface area contributed by atoms with E-state index in [0.29, 0.717) is 28.0 Å². The van der Waals surface area contributed by atoms with Gasteiger partial charge in [-0.15, -0.1) is 0 Å². The third-order valence-corrected chi connectivity index (χ3v) is 4.73. The minimum Gasteiger partial charge on any atom is -0.454 e. The van der Waals surface area contributed by atoms with Crippen molar-refractivity contribution in [3.63, 3.8) is 0 Å². The van der Waals surface area contributed by atoms with Gasteiger partial charge in [-0.05, 0) is 30.3 Å². The molecule has 1 N–H and O–H groups in total. The van der Waals surface area contributed by atoms with Gasteiger partial charge in [0.15, 0.2) is 5.75 Å². The Kier molecular flexibility index (Phi) is 5.75. The molecular formula is C21H18ClN5O2. The van der Waals surface area contributed by atoms with E-state index in [2.05, 4.69) is 26.3 Å². The molecule has 0 bridgehead atoms. The number of halogens is 1. The zero-order chi connectivity index (χ0) is 20.1. The van der Waals surface area contributed by atoms with Crippen molar-refractivity contribution in [2.45, 2.75) is 0 Å². The van der Waals surface area contributed by atoms with Crippen LogP contribution in [-0.2, 0) is 4.74 Å². The molecule has 2 heterocycles. The maximum atomic E-state index is 9.07. The van der Waals surface area contributed by atoms with Crippen molar-refractivity contribution in [3.05, 3.63) is 65.4 Å². The lowest BCUT2D eigenvalue weighted by atomic mass is 10.2. The lowest BCUT2D eigenvalue weighted by molar-refractivity contribution is 0.122.